The Morgan fingerprint density at radius 1 is 1.67 bits per heavy atom. The highest BCUT2D eigenvalue weighted by Gasteiger charge is 2.23. The third-order valence-electron chi connectivity index (χ3n) is 2.79. The lowest BCUT2D eigenvalue weighted by Crippen LogP contribution is -2.32. The molecule has 1 N–H and O–H groups in total. The van der Waals surface area contributed by atoms with Crippen molar-refractivity contribution in [3.05, 3.63) is 28.8 Å². The predicted octanol–water partition coefficient (Wildman–Crippen LogP) is 1.80. The molecule has 1 aromatic heterocycles. The second-order valence-electron chi connectivity index (χ2n) is 3.70. The molecule has 3 nitrogen and oxygen atoms in total. The first-order valence-corrected chi connectivity index (χ1v) is 5.31. The van der Waals surface area contributed by atoms with E-state index in [2.05, 4.69) is 15.4 Å². The van der Waals surface area contributed by atoms with Crippen LogP contribution in [-0.4, -0.2) is 30.1 Å². The lowest BCUT2D eigenvalue weighted by molar-refractivity contribution is 0.258. The van der Waals surface area contributed by atoms with Gasteiger partial charge >= 0.3 is 0 Å². The standard InChI is InChI=1S/C10H13ClFN3/c1-13-15-3-2-7(6-15)8-4-9(12)10(11)14-5-8/h4-5,7,13H,2-3,6H2,1H3/t7-/m1/s1. The SMILES string of the molecule is CNN1CC[C@@H](c2cnc(Cl)c(F)c2)C1. The van der Waals surface area contributed by atoms with Crippen LogP contribution in [0.1, 0.15) is 17.9 Å². The lowest BCUT2D eigenvalue weighted by atomic mass is 10.0. The number of nitrogens with zero attached hydrogens (tertiary/aromatic N) is 2. The zero-order valence-electron chi connectivity index (χ0n) is 8.50. The van der Waals surface area contributed by atoms with E-state index < -0.39 is 5.82 Å². The molecule has 0 radical (unpaired) electrons. The van der Waals surface area contributed by atoms with E-state index in [4.69, 9.17) is 11.6 Å². The zero-order valence-corrected chi connectivity index (χ0v) is 9.26. The Bertz CT molecular complexity index is 359. The van der Waals surface area contributed by atoms with Crippen LogP contribution in [0, 0.1) is 5.82 Å². The number of nitrogens with one attached hydrogen (secondary N) is 1. The summed E-state index contributed by atoms with van der Waals surface area (Å²) in [4.78, 5) is 3.83. The summed E-state index contributed by atoms with van der Waals surface area (Å²) in [6.45, 7) is 1.87. The van der Waals surface area contributed by atoms with Crippen LogP contribution in [0.3, 0.4) is 0 Å². The molecule has 0 aromatic carbocycles. The molecule has 5 heteroatoms. The molecule has 0 saturated carbocycles. The van der Waals surface area contributed by atoms with Gasteiger partial charge in [-0.1, -0.05) is 11.6 Å². The number of aromatic nitrogens is 1. The highest BCUT2D eigenvalue weighted by Crippen LogP contribution is 2.27. The van der Waals surface area contributed by atoms with Crippen molar-refractivity contribution in [2.75, 3.05) is 20.1 Å². The lowest BCUT2D eigenvalue weighted by Gasteiger charge is -2.14. The first-order valence-electron chi connectivity index (χ1n) is 4.94. The van der Waals surface area contributed by atoms with Gasteiger partial charge in [-0.3, -0.25) is 5.43 Å². The fraction of sp³-hybridized carbons (Fsp3) is 0.500. The summed E-state index contributed by atoms with van der Waals surface area (Å²) in [5.74, 6) is -0.0891. The molecule has 2 rings (SSSR count). The van der Waals surface area contributed by atoms with Crippen LogP contribution in [0.25, 0.3) is 0 Å². The first kappa shape index (κ1) is 10.8. The van der Waals surface area contributed by atoms with Gasteiger partial charge in [0.1, 0.15) is 0 Å². The van der Waals surface area contributed by atoms with Gasteiger partial charge in [0.15, 0.2) is 11.0 Å². The van der Waals surface area contributed by atoms with Gasteiger partial charge in [-0.05, 0) is 25.1 Å². The molecule has 0 spiro atoms. The maximum absolute atomic E-state index is 13.2. The summed E-state index contributed by atoms with van der Waals surface area (Å²) < 4.78 is 13.2. The minimum Gasteiger partial charge on any atom is -0.258 e. The second-order valence-corrected chi connectivity index (χ2v) is 4.05. The van der Waals surface area contributed by atoms with Crippen LogP contribution in [-0.2, 0) is 0 Å². The Balaban J connectivity index is 2.13. The molecule has 0 unspecified atom stereocenters. The van der Waals surface area contributed by atoms with E-state index in [9.17, 15) is 4.39 Å². The summed E-state index contributed by atoms with van der Waals surface area (Å²) in [5.41, 5.74) is 4.01. The van der Waals surface area contributed by atoms with Gasteiger partial charge in [0.25, 0.3) is 0 Å². The maximum Gasteiger partial charge on any atom is 0.164 e. The summed E-state index contributed by atoms with van der Waals surface area (Å²) in [6.07, 6.45) is 2.68. The van der Waals surface area contributed by atoms with Crippen molar-refractivity contribution < 1.29 is 4.39 Å². The Kier molecular flexibility index (Phi) is 3.19. The molecule has 1 aliphatic rings. The summed E-state index contributed by atoms with van der Waals surface area (Å²) in [7, 11) is 1.89. The number of hydrogen-bond donors (Lipinski definition) is 1. The fourth-order valence-electron chi connectivity index (χ4n) is 1.89. The number of pyridine rings is 1. The Morgan fingerprint density at radius 3 is 3.07 bits per heavy atom. The van der Waals surface area contributed by atoms with Crippen LogP contribution >= 0.6 is 11.6 Å². The highest BCUT2D eigenvalue weighted by molar-refractivity contribution is 6.29. The average Bonchev–Trinajstić information content (AvgIpc) is 2.70. The van der Waals surface area contributed by atoms with Gasteiger partial charge in [0.2, 0.25) is 0 Å². The molecule has 1 saturated heterocycles. The zero-order chi connectivity index (χ0) is 10.8. The quantitative estimate of drug-likeness (QED) is 0.784. The monoisotopic (exact) mass is 229 g/mol. The van der Waals surface area contributed by atoms with E-state index in [0.29, 0.717) is 5.92 Å². The molecule has 82 valence electrons. The summed E-state index contributed by atoms with van der Waals surface area (Å²) in [5, 5.41) is 2.05. The minimum atomic E-state index is -0.433. The van der Waals surface area contributed by atoms with E-state index in [-0.39, 0.29) is 5.15 Å². The molecule has 1 aliphatic heterocycles. The fourth-order valence-corrected chi connectivity index (χ4v) is 2.00. The number of hydrogen-bond acceptors (Lipinski definition) is 3. The third kappa shape index (κ3) is 2.27. The molecule has 1 aromatic rings. The Labute approximate surface area is 93.2 Å². The van der Waals surface area contributed by atoms with Crippen LogP contribution < -0.4 is 5.43 Å². The average molecular weight is 230 g/mol. The molecule has 1 atom stereocenters. The molecular weight excluding hydrogens is 217 g/mol. The number of halogens is 2. The van der Waals surface area contributed by atoms with Gasteiger partial charge in [0.05, 0.1) is 0 Å². The molecular formula is C10H13ClFN3. The molecule has 1 fully saturated rings. The van der Waals surface area contributed by atoms with Gasteiger partial charge in [-0.2, -0.15) is 0 Å². The van der Waals surface area contributed by atoms with Crippen LogP contribution in [0.15, 0.2) is 12.3 Å². The van der Waals surface area contributed by atoms with E-state index in [0.717, 1.165) is 25.1 Å². The molecule has 0 bridgehead atoms. The Morgan fingerprint density at radius 2 is 2.47 bits per heavy atom. The number of hydrazine groups is 1. The largest absolute Gasteiger partial charge is 0.258 e. The minimum absolute atomic E-state index is 0.0535. The smallest absolute Gasteiger partial charge is 0.164 e. The van der Waals surface area contributed by atoms with Crippen molar-refractivity contribution in [1.82, 2.24) is 15.4 Å². The number of rotatable bonds is 2. The molecule has 15 heavy (non-hydrogen) atoms. The molecule has 0 aliphatic carbocycles. The van der Waals surface area contributed by atoms with Crippen molar-refractivity contribution in [3.63, 3.8) is 0 Å². The van der Waals surface area contributed by atoms with Gasteiger partial charge < -0.3 is 0 Å². The van der Waals surface area contributed by atoms with Gasteiger partial charge in [0, 0.05) is 25.2 Å². The van der Waals surface area contributed by atoms with E-state index in [1.54, 1.807) is 6.20 Å². The molecule has 2 heterocycles. The molecule has 0 amide bonds. The van der Waals surface area contributed by atoms with Crippen LogP contribution in [0.4, 0.5) is 4.39 Å². The topological polar surface area (TPSA) is 28.2 Å². The summed E-state index contributed by atoms with van der Waals surface area (Å²) in [6, 6.07) is 1.49. The first-order chi connectivity index (χ1) is 7.20. The normalized spacial score (nSPS) is 22.2. The van der Waals surface area contributed by atoms with Gasteiger partial charge in [-0.25, -0.2) is 14.4 Å². The third-order valence-corrected chi connectivity index (χ3v) is 3.07. The highest BCUT2D eigenvalue weighted by atomic mass is 35.5. The van der Waals surface area contributed by atoms with E-state index >= 15 is 0 Å². The van der Waals surface area contributed by atoms with Crippen LogP contribution in [0.2, 0.25) is 5.15 Å². The van der Waals surface area contributed by atoms with Gasteiger partial charge in [-0.15, -0.1) is 0 Å². The van der Waals surface area contributed by atoms with Crippen LogP contribution in [0.5, 0.6) is 0 Å². The van der Waals surface area contributed by atoms with Crippen molar-refractivity contribution in [3.8, 4) is 0 Å². The predicted molar refractivity (Wildman–Crippen MR) is 57.2 cm³/mol. The Hall–Kier alpha value is -0.710. The van der Waals surface area contributed by atoms with E-state index in [1.807, 2.05) is 7.05 Å². The maximum atomic E-state index is 13.2. The summed E-state index contributed by atoms with van der Waals surface area (Å²) >= 11 is 5.53. The van der Waals surface area contributed by atoms with Crippen molar-refractivity contribution in [2.45, 2.75) is 12.3 Å². The van der Waals surface area contributed by atoms with Crippen molar-refractivity contribution in [2.24, 2.45) is 0 Å². The van der Waals surface area contributed by atoms with Crippen molar-refractivity contribution >= 4 is 11.6 Å². The van der Waals surface area contributed by atoms with Crippen molar-refractivity contribution in [1.29, 1.82) is 0 Å². The van der Waals surface area contributed by atoms with E-state index in [1.165, 1.54) is 6.07 Å². The second kappa shape index (κ2) is 4.43.